The first kappa shape index (κ1) is 19.3. The largest absolute Gasteiger partial charge is 0.305 e. The van der Waals surface area contributed by atoms with E-state index in [9.17, 15) is 0 Å². The van der Waals surface area contributed by atoms with Crippen molar-refractivity contribution >= 4 is 17.3 Å². The second kappa shape index (κ2) is 9.43. The van der Waals surface area contributed by atoms with E-state index in [0.717, 1.165) is 11.8 Å². The summed E-state index contributed by atoms with van der Waals surface area (Å²) >= 11 is 2.08. The predicted octanol–water partition coefficient (Wildman–Crippen LogP) is 6.49. The third-order valence-corrected chi connectivity index (χ3v) is 6.39. The summed E-state index contributed by atoms with van der Waals surface area (Å²) in [6.45, 7) is 3.23. The average Bonchev–Trinajstić information content (AvgIpc) is 2.64. The molecular formula is C24H31NS. The standard InChI is InChI=1S/C24H31NS/c1-19(18-25(2)3)24(20-10-6-4-7-11-20)21-14-16-23(17-15-21)26-22-12-8-5-9-13-22/h4,6-7,10-11,14-17,22H,5,8-9,12-13,18H2,1-3H3. The third kappa shape index (κ3) is 5.25. The van der Waals surface area contributed by atoms with Crippen molar-refractivity contribution < 1.29 is 0 Å². The zero-order valence-electron chi connectivity index (χ0n) is 16.4. The molecule has 2 aromatic rings. The van der Waals surface area contributed by atoms with Crippen molar-refractivity contribution in [2.24, 2.45) is 0 Å². The number of nitrogens with zero attached hydrogens (tertiary/aromatic N) is 1. The Bertz CT molecular complexity index is 710. The van der Waals surface area contributed by atoms with Gasteiger partial charge in [-0.15, -0.1) is 11.8 Å². The Morgan fingerprint density at radius 2 is 1.50 bits per heavy atom. The molecule has 0 saturated heterocycles. The molecule has 0 atom stereocenters. The van der Waals surface area contributed by atoms with Gasteiger partial charge < -0.3 is 4.90 Å². The summed E-state index contributed by atoms with van der Waals surface area (Å²) in [4.78, 5) is 3.66. The molecule has 0 bridgehead atoms. The lowest BCUT2D eigenvalue weighted by molar-refractivity contribution is 0.446. The van der Waals surface area contributed by atoms with Gasteiger partial charge in [0.2, 0.25) is 0 Å². The monoisotopic (exact) mass is 365 g/mol. The molecule has 26 heavy (non-hydrogen) atoms. The predicted molar refractivity (Wildman–Crippen MR) is 116 cm³/mol. The lowest BCUT2D eigenvalue weighted by Gasteiger charge is -2.21. The molecule has 0 aromatic heterocycles. The van der Waals surface area contributed by atoms with Crippen LogP contribution in [0.4, 0.5) is 0 Å². The molecule has 1 aliphatic carbocycles. The smallest absolute Gasteiger partial charge is 0.0193 e. The quantitative estimate of drug-likeness (QED) is 0.575. The molecule has 3 rings (SSSR count). The molecule has 1 nitrogen and oxygen atoms in total. The zero-order valence-corrected chi connectivity index (χ0v) is 17.2. The van der Waals surface area contributed by atoms with Gasteiger partial charge in [0.05, 0.1) is 0 Å². The Hall–Kier alpha value is -1.51. The Morgan fingerprint density at radius 1 is 0.885 bits per heavy atom. The highest BCUT2D eigenvalue weighted by Crippen LogP contribution is 2.35. The third-order valence-electron chi connectivity index (χ3n) is 5.04. The highest BCUT2D eigenvalue weighted by atomic mass is 32.2. The molecule has 0 radical (unpaired) electrons. The molecule has 0 aliphatic heterocycles. The number of hydrogen-bond donors (Lipinski definition) is 0. The summed E-state index contributed by atoms with van der Waals surface area (Å²) < 4.78 is 0. The number of benzene rings is 2. The lowest BCUT2D eigenvalue weighted by atomic mass is 9.93. The fourth-order valence-electron chi connectivity index (χ4n) is 3.89. The second-order valence-corrected chi connectivity index (χ2v) is 9.04. The van der Waals surface area contributed by atoms with E-state index in [-0.39, 0.29) is 0 Å². The van der Waals surface area contributed by atoms with E-state index >= 15 is 0 Å². The normalized spacial score (nSPS) is 16.6. The van der Waals surface area contributed by atoms with E-state index in [1.165, 1.54) is 59.3 Å². The topological polar surface area (TPSA) is 3.24 Å². The Morgan fingerprint density at radius 3 is 2.12 bits per heavy atom. The highest BCUT2D eigenvalue weighted by Gasteiger charge is 2.15. The minimum atomic E-state index is 0.814. The summed E-state index contributed by atoms with van der Waals surface area (Å²) in [7, 11) is 4.27. The van der Waals surface area contributed by atoms with E-state index in [4.69, 9.17) is 0 Å². The van der Waals surface area contributed by atoms with Gasteiger partial charge >= 0.3 is 0 Å². The minimum absolute atomic E-state index is 0.814. The molecule has 0 N–H and O–H groups in total. The van der Waals surface area contributed by atoms with Crippen molar-refractivity contribution in [3.8, 4) is 0 Å². The van der Waals surface area contributed by atoms with Crippen LogP contribution in [0.3, 0.4) is 0 Å². The second-order valence-electron chi connectivity index (χ2n) is 7.66. The SMILES string of the molecule is CC(CN(C)C)=C(c1ccccc1)c1ccc(SC2CCCCC2)cc1. The van der Waals surface area contributed by atoms with Crippen LogP contribution in [0.5, 0.6) is 0 Å². The van der Waals surface area contributed by atoms with Crippen molar-refractivity contribution in [2.75, 3.05) is 20.6 Å². The van der Waals surface area contributed by atoms with Gasteiger partial charge in [-0.1, -0.05) is 67.3 Å². The molecule has 2 heteroatoms. The van der Waals surface area contributed by atoms with Gasteiger partial charge in [0.15, 0.2) is 0 Å². The molecule has 0 spiro atoms. The van der Waals surface area contributed by atoms with Crippen LogP contribution in [0.2, 0.25) is 0 Å². The van der Waals surface area contributed by atoms with Crippen LogP contribution >= 0.6 is 11.8 Å². The fourth-order valence-corrected chi connectivity index (χ4v) is 5.14. The van der Waals surface area contributed by atoms with Gasteiger partial charge in [-0.2, -0.15) is 0 Å². The number of rotatable bonds is 6. The minimum Gasteiger partial charge on any atom is -0.305 e. The van der Waals surface area contributed by atoms with E-state index in [1.807, 2.05) is 0 Å². The maximum atomic E-state index is 2.32. The van der Waals surface area contributed by atoms with E-state index in [1.54, 1.807) is 0 Å². The molecule has 2 aromatic carbocycles. The van der Waals surface area contributed by atoms with Gasteiger partial charge in [-0.25, -0.2) is 0 Å². The number of thioether (sulfide) groups is 1. The van der Waals surface area contributed by atoms with Crippen molar-refractivity contribution in [1.82, 2.24) is 4.90 Å². The Kier molecular flexibility index (Phi) is 6.99. The van der Waals surface area contributed by atoms with Crippen molar-refractivity contribution in [3.63, 3.8) is 0 Å². The highest BCUT2D eigenvalue weighted by molar-refractivity contribution is 8.00. The summed E-state index contributed by atoms with van der Waals surface area (Å²) in [5, 5.41) is 0.814. The number of hydrogen-bond acceptors (Lipinski definition) is 2. The lowest BCUT2D eigenvalue weighted by Crippen LogP contribution is -2.15. The Labute approximate surface area is 163 Å². The summed E-state index contributed by atoms with van der Waals surface area (Å²) in [6.07, 6.45) is 6.99. The van der Waals surface area contributed by atoms with E-state index < -0.39 is 0 Å². The summed E-state index contributed by atoms with van der Waals surface area (Å²) in [6, 6.07) is 20.1. The van der Waals surface area contributed by atoms with Gasteiger partial charge in [0, 0.05) is 16.7 Å². The van der Waals surface area contributed by atoms with Gasteiger partial charge in [-0.05, 0) is 62.7 Å². The van der Waals surface area contributed by atoms with Crippen LogP contribution < -0.4 is 0 Å². The molecule has 0 amide bonds. The Balaban J connectivity index is 1.84. The molecule has 1 fully saturated rings. The summed E-state index contributed by atoms with van der Waals surface area (Å²) in [5.41, 5.74) is 5.41. The molecule has 0 unspecified atom stereocenters. The molecule has 0 heterocycles. The fraction of sp³-hybridized carbons (Fsp3) is 0.417. The zero-order chi connectivity index (χ0) is 18.4. The van der Waals surface area contributed by atoms with E-state index in [2.05, 4.69) is 92.3 Å². The average molecular weight is 366 g/mol. The maximum absolute atomic E-state index is 2.32. The van der Waals surface area contributed by atoms with Crippen LogP contribution in [0.1, 0.15) is 50.2 Å². The first-order valence-corrected chi connectivity index (χ1v) is 10.7. The van der Waals surface area contributed by atoms with Crippen molar-refractivity contribution in [2.45, 2.75) is 49.2 Å². The number of likely N-dealkylation sites (N-methyl/N-ethyl adjacent to an activating group) is 1. The van der Waals surface area contributed by atoms with Crippen LogP contribution in [-0.2, 0) is 0 Å². The van der Waals surface area contributed by atoms with Gasteiger partial charge in [0.1, 0.15) is 0 Å². The van der Waals surface area contributed by atoms with Crippen LogP contribution in [0.25, 0.3) is 5.57 Å². The van der Waals surface area contributed by atoms with Crippen LogP contribution in [-0.4, -0.2) is 30.8 Å². The van der Waals surface area contributed by atoms with Crippen LogP contribution in [0, 0.1) is 0 Å². The van der Waals surface area contributed by atoms with Crippen LogP contribution in [0.15, 0.2) is 65.1 Å². The van der Waals surface area contributed by atoms with Gasteiger partial charge in [-0.3, -0.25) is 0 Å². The van der Waals surface area contributed by atoms with Gasteiger partial charge in [0.25, 0.3) is 0 Å². The summed E-state index contributed by atoms with van der Waals surface area (Å²) in [5.74, 6) is 0. The van der Waals surface area contributed by atoms with E-state index in [0.29, 0.717) is 0 Å². The first-order chi connectivity index (χ1) is 12.6. The first-order valence-electron chi connectivity index (χ1n) is 9.80. The van der Waals surface area contributed by atoms with Crippen molar-refractivity contribution in [3.05, 3.63) is 71.3 Å². The molecular weight excluding hydrogens is 334 g/mol. The maximum Gasteiger partial charge on any atom is 0.0193 e. The molecule has 1 aliphatic rings. The molecule has 1 saturated carbocycles. The van der Waals surface area contributed by atoms with Crippen molar-refractivity contribution in [1.29, 1.82) is 0 Å². The molecule has 138 valence electrons.